The van der Waals surface area contributed by atoms with Crippen LogP contribution < -0.4 is 0 Å². The van der Waals surface area contributed by atoms with Crippen molar-refractivity contribution in [1.29, 1.82) is 0 Å². The predicted molar refractivity (Wildman–Crippen MR) is 68.2 cm³/mol. The molecule has 0 aromatic carbocycles. The highest BCUT2D eigenvalue weighted by Crippen LogP contribution is 2.24. The Kier molecular flexibility index (Phi) is 4.53. The number of hydrogen-bond donors (Lipinski definition) is 0. The molecular weight excluding hydrogens is 255 g/mol. The maximum absolute atomic E-state index is 13.5. The van der Waals surface area contributed by atoms with Crippen LogP contribution >= 0.6 is 11.6 Å². The molecule has 2 rings (SSSR count). The van der Waals surface area contributed by atoms with Crippen molar-refractivity contribution in [2.75, 3.05) is 12.4 Å². The molecule has 0 spiro atoms. The number of likely N-dealkylation sites (tertiary alicyclic amines) is 1. The van der Waals surface area contributed by atoms with Crippen molar-refractivity contribution in [3.05, 3.63) is 29.8 Å². The Morgan fingerprint density at radius 3 is 3.17 bits per heavy atom. The number of aromatic nitrogens is 1. The lowest BCUT2D eigenvalue weighted by atomic mass is 10.1. The number of nitrogens with zero attached hydrogens (tertiary/aromatic N) is 2. The fourth-order valence-corrected chi connectivity index (χ4v) is 2.57. The topological polar surface area (TPSA) is 33.2 Å². The summed E-state index contributed by atoms with van der Waals surface area (Å²) in [5, 5.41) is 0. The Labute approximate surface area is 111 Å². The largest absolute Gasteiger partial charge is 0.336 e. The van der Waals surface area contributed by atoms with Gasteiger partial charge in [-0.25, -0.2) is 4.39 Å². The van der Waals surface area contributed by atoms with Crippen molar-refractivity contribution in [3.63, 3.8) is 0 Å². The number of carbonyl (C=O) groups is 1. The van der Waals surface area contributed by atoms with Crippen molar-refractivity contribution in [2.24, 2.45) is 0 Å². The molecular formula is C13H16ClFN2O. The summed E-state index contributed by atoms with van der Waals surface area (Å²) in [6.07, 6.45) is 6.26. The van der Waals surface area contributed by atoms with Gasteiger partial charge in [-0.1, -0.05) is 0 Å². The van der Waals surface area contributed by atoms with Gasteiger partial charge in [0.15, 0.2) is 5.82 Å². The Morgan fingerprint density at radius 2 is 2.44 bits per heavy atom. The van der Waals surface area contributed by atoms with Crippen LogP contribution in [0.1, 0.15) is 36.0 Å². The maximum atomic E-state index is 13.5. The number of alkyl halides is 1. The quantitative estimate of drug-likeness (QED) is 0.788. The van der Waals surface area contributed by atoms with E-state index in [2.05, 4.69) is 4.98 Å². The smallest absolute Gasteiger partial charge is 0.257 e. The van der Waals surface area contributed by atoms with Gasteiger partial charge in [-0.05, 0) is 31.7 Å². The highest BCUT2D eigenvalue weighted by molar-refractivity contribution is 6.17. The van der Waals surface area contributed by atoms with Crippen molar-refractivity contribution < 1.29 is 9.18 Å². The first-order chi connectivity index (χ1) is 8.74. The maximum Gasteiger partial charge on any atom is 0.257 e. The number of rotatable bonds is 4. The zero-order valence-corrected chi connectivity index (χ0v) is 10.9. The summed E-state index contributed by atoms with van der Waals surface area (Å²) in [4.78, 5) is 17.7. The average Bonchev–Trinajstić information content (AvgIpc) is 2.84. The summed E-state index contributed by atoms with van der Waals surface area (Å²) < 4.78 is 13.5. The first kappa shape index (κ1) is 13.3. The molecule has 0 saturated carbocycles. The molecule has 0 bridgehead atoms. The van der Waals surface area contributed by atoms with Gasteiger partial charge in [-0.15, -0.1) is 11.6 Å². The zero-order chi connectivity index (χ0) is 13.0. The minimum absolute atomic E-state index is 0.114. The molecule has 1 aromatic rings. The van der Waals surface area contributed by atoms with Gasteiger partial charge < -0.3 is 4.90 Å². The zero-order valence-electron chi connectivity index (χ0n) is 10.1. The fourth-order valence-electron chi connectivity index (χ4n) is 2.42. The van der Waals surface area contributed by atoms with E-state index in [9.17, 15) is 9.18 Å². The number of pyridine rings is 1. The molecule has 1 fully saturated rings. The molecule has 1 aromatic heterocycles. The monoisotopic (exact) mass is 270 g/mol. The molecule has 3 nitrogen and oxygen atoms in total. The van der Waals surface area contributed by atoms with Gasteiger partial charge in [0, 0.05) is 24.7 Å². The molecule has 2 heterocycles. The number of carbonyl (C=O) groups excluding carboxylic acids is 1. The molecule has 1 saturated heterocycles. The molecule has 0 radical (unpaired) electrons. The van der Waals surface area contributed by atoms with E-state index < -0.39 is 5.82 Å². The highest BCUT2D eigenvalue weighted by atomic mass is 35.5. The summed E-state index contributed by atoms with van der Waals surface area (Å²) in [6, 6.07) is 1.64. The van der Waals surface area contributed by atoms with E-state index in [1.807, 2.05) is 0 Å². The van der Waals surface area contributed by atoms with Crippen LogP contribution in [0.25, 0.3) is 0 Å². The van der Waals surface area contributed by atoms with Crippen LogP contribution in [-0.2, 0) is 0 Å². The average molecular weight is 271 g/mol. The molecule has 1 atom stereocenters. The molecule has 1 unspecified atom stereocenters. The van der Waals surface area contributed by atoms with E-state index in [0.717, 1.165) is 31.9 Å². The number of halogens is 2. The lowest BCUT2D eigenvalue weighted by Crippen LogP contribution is -2.36. The second kappa shape index (κ2) is 6.14. The van der Waals surface area contributed by atoms with E-state index in [-0.39, 0.29) is 17.5 Å². The van der Waals surface area contributed by atoms with Gasteiger partial charge in [0.2, 0.25) is 0 Å². The van der Waals surface area contributed by atoms with Gasteiger partial charge in [0.05, 0.1) is 11.8 Å². The summed E-state index contributed by atoms with van der Waals surface area (Å²) in [5.74, 6) is -0.181. The van der Waals surface area contributed by atoms with Crippen LogP contribution in [0.2, 0.25) is 0 Å². The predicted octanol–water partition coefficient (Wildman–Crippen LogP) is 2.84. The van der Waals surface area contributed by atoms with Crippen LogP contribution in [0.4, 0.5) is 4.39 Å². The SMILES string of the molecule is O=C(c1ccncc1F)N1CCCC1CCCCl. The van der Waals surface area contributed by atoms with Crippen molar-refractivity contribution in [3.8, 4) is 0 Å². The third kappa shape index (κ3) is 2.80. The fraction of sp³-hybridized carbons (Fsp3) is 0.538. The summed E-state index contributed by atoms with van der Waals surface area (Å²) in [5.41, 5.74) is 0.114. The van der Waals surface area contributed by atoms with Gasteiger partial charge >= 0.3 is 0 Å². The van der Waals surface area contributed by atoms with E-state index >= 15 is 0 Å². The van der Waals surface area contributed by atoms with Crippen LogP contribution in [-0.4, -0.2) is 34.3 Å². The van der Waals surface area contributed by atoms with Gasteiger partial charge in [-0.3, -0.25) is 9.78 Å². The number of amides is 1. The second-order valence-electron chi connectivity index (χ2n) is 4.48. The van der Waals surface area contributed by atoms with Gasteiger partial charge in [0.1, 0.15) is 0 Å². The summed E-state index contributed by atoms with van der Waals surface area (Å²) >= 11 is 5.68. The first-order valence-electron chi connectivity index (χ1n) is 6.20. The minimum Gasteiger partial charge on any atom is -0.336 e. The van der Waals surface area contributed by atoms with Crippen LogP contribution in [0.3, 0.4) is 0 Å². The molecule has 18 heavy (non-hydrogen) atoms. The molecule has 98 valence electrons. The third-order valence-corrected chi connectivity index (χ3v) is 3.58. The van der Waals surface area contributed by atoms with Crippen molar-refractivity contribution in [2.45, 2.75) is 31.7 Å². The van der Waals surface area contributed by atoms with Gasteiger partial charge in [-0.2, -0.15) is 0 Å². The Bertz CT molecular complexity index is 427. The summed E-state index contributed by atoms with van der Waals surface area (Å²) in [6.45, 7) is 0.702. The molecule has 1 amide bonds. The summed E-state index contributed by atoms with van der Waals surface area (Å²) in [7, 11) is 0. The van der Waals surface area contributed by atoms with Crippen LogP contribution in [0, 0.1) is 5.82 Å². The van der Waals surface area contributed by atoms with E-state index in [1.165, 1.54) is 12.3 Å². The van der Waals surface area contributed by atoms with Crippen LogP contribution in [0.15, 0.2) is 18.5 Å². The van der Waals surface area contributed by atoms with Gasteiger partial charge in [0.25, 0.3) is 5.91 Å². The van der Waals surface area contributed by atoms with E-state index in [4.69, 9.17) is 11.6 Å². The normalized spacial score (nSPS) is 19.2. The standard InChI is InChI=1S/C13H16ClFN2O/c14-6-1-3-10-4-2-8-17(10)13(18)11-5-7-16-9-12(11)15/h5,7,9-10H,1-4,6,8H2. The van der Waals surface area contributed by atoms with Crippen LogP contribution in [0.5, 0.6) is 0 Å². The van der Waals surface area contributed by atoms with Crippen molar-refractivity contribution >= 4 is 17.5 Å². The van der Waals surface area contributed by atoms with Crippen molar-refractivity contribution in [1.82, 2.24) is 9.88 Å². The minimum atomic E-state index is -0.550. The number of hydrogen-bond acceptors (Lipinski definition) is 2. The molecule has 1 aliphatic heterocycles. The molecule has 0 aliphatic carbocycles. The Morgan fingerprint density at radius 1 is 1.61 bits per heavy atom. The highest BCUT2D eigenvalue weighted by Gasteiger charge is 2.30. The lowest BCUT2D eigenvalue weighted by Gasteiger charge is -2.24. The van der Waals surface area contributed by atoms with E-state index in [0.29, 0.717) is 12.4 Å². The Hall–Kier alpha value is -1.16. The third-order valence-electron chi connectivity index (χ3n) is 3.31. The molecule has 1 aliphatic rings. The molecule has 5 heteroatoms. The second-order valence-corrected chi connectivity index (χ2v) is 4.86. The van der Waals surface area contributed by atoms with E-state index in [1.54, 1.807) is 4.90 Å². The Balaban J connectivity index is 2.10. The molecule has 0 N–H and O–H groups in total. The first-order valence-corrected chi connectivity index (χ1v) is 6.74. The lowest BCUT2D eigenvalue weighted by molar-refractivity contribution is 0.0725.